The van der Waals surface area contributed by atoms with E-state index in [1.54, 1.807) is 28.9 Å². The van der Waals surface area contributed by atoms with Gasteiger partial charge in [0.1, 0.15) is 6.26 Å². The molecule has 0 radical (unpaired) electrons. The Morgan fingerprint density at radius 2 is 2.12 bits per heavy atom. The molecule has 1 fully saturated rings. The fourth-order valence-electron chi connectivity index (χ4n) is 2.93. The van der Waals surface area contributed by atoms with Gasteiger partial charge < -0.3 is 14.6 Å². The van der Waals surface area contributed by atoms with Crippen LogP contribution < -0.4 is 5.32 Å². The first-order valence-corrected chi connectivity index (χ1v) is 10.3. The van der Waals surface area contributed by atoms with Crippen LogP contribution in [0.1, 0.15) is 11.3 Å². The molecule has 1 aliphatic rings. The van der Waals surface area contributed by atoms with Gasteiger partial charge in [0.05, 0.1) is 17.1 Å². The summed E-state index contributed by atoms with van der Waals surface area (Å²) in [6.45, 7) is 4.63. The van der Waals surface area contributed by atoms with Crippen molar-refractivity contribution in [2.75, 3.05) is 26.2 Å². The van der Waals surface area contributed by atoms with Gasteiger partial charge in [0.15, 0.2) is 0 Å². The molecule has 0 saturated carbocycles. The molecule has 0 atom stereocenters. The Balaban J connectivity index is 1.23. The molecule has 136 valence electrons. The van der Waals surface area contributed by atoms with E-state index in [-0.39, 0.29) is 6.03 Å². The van der Waals surface area contributed by atoms with Crippen LogP contribution in [0.5, 0.6) is 0 Å². The number of amides is 2. The Kier molecular flexibility index (Phi) is 5.33. The number of urea groups is 1. The van der Waals surface area contributed by atoms with Gasteiger partial charge in [-0.3, -0.25) is 4.90 Å². The van der Waals surface area contributed by atoms with Gasteiger partial charge in [0.2, 0.25) is 5.89 Å². The van der Waals surface area contributed by atoms with E-state index in [1.165, 1.54) is 5.56 Å². The number of rotatable bonds is 5. The highest BCUT2D eigenvalue weighted by molar-refractivity contribution is 7.13. The summed E-state index contributed by atoms with van der Waals surface area (Å²) in [7, 11) is 0. The molecule has 0 aliphatic carbocycles. The van der Waals surface area contributed by atoms with Crippen molar-refractivity contribution in [1.82, 2.24) is 20.1 Å². The number of carbonyl (C=O) groups is 1. The number of carbonyl (C=O) groups excluding carboxylic acids is 1. The highest BCUT2D eigenvalue weighted by atomic mass is 32.1. The number of nitrogens with zero attached hydrogens (tertiary/aromatic N) is 3. The Morgan fingerprint density at radius 3 is 2.85 bits per heavy atom. The molecule has 4 heterocycles. The molecule has 0 aromatic carbocycles. The molecule has 1 aliphatic heterocycles. The topological polar surface area (TPSA) is 61.6 Å². The summed E-state index contributed by atoms with van der Waals surface area (Å²) >= 11 is 3.31. The summed E-state index contributed by atoms with van der Waals surface area (Å²) in [5, 5.41) is 9.21. The minimum atomic E-state index is -0.0409. The van der Waals surface area contributed by atoms with Gasteiger partial charge in [-0.1, -0.05) is 6.07 Å². The first-order chi connectivity index (χ1) is 12.8. The third-order valence-electron chi connectivity index (χ3n) is 4.35. The number of nitrogens with one attached hydrogen (secondary N) is 1. The molecule has 4 rings (SSSR count). The number of oxazole rings is 1. The van der Waals surface area contributed by atoms with E-state index in [0.717, 1.165) is 43.3 Å². The molecule has 0 bridgehead atoms. The normalized spacial score (nSPS) is 15.3. The molecule has 3 aromatic rings. The Labute approximate surface area is 160 Å². The largest absolute Gasteiger partial charge is 0.443 e. The SMILES string of the molecule is O=C(NCc1coc(-c2cccs2)n1)N1CCN(Cc2ccsc2)CC1. The first kappa shape index (κ1) is 17.3. The van der Waals surface area contributed by atoms with Crippen LogP contribution in [0.25, 0.3) is 10.8 Å². The van der Waals surface area contributed by atoms with Gasteiger partial charge in [0.25, 0.3) is 0 Å². The summed E-state index contributed by atoms with van der Waals surface area (Å²) < 4.78 is 5.48. The summed E-state index contributed by atoms with van der Waals surface area (Å²) in [6.07, 6.45) is 1.61. The van der Waals surface area contributed by atoms with Crippen LogP contribution in [0.15, 0.2) is 45.0 Å². The van der Waals surface area contributed by atoms with E-state index >= 15 is 0 Å². The third-order valence-corrected chi connectivity index (χ3v) is 5.94. The standard InChI is InChI=1S/C18H20N4O2S2/c23-18(19-10-15-12-24-17(20-15)16-2-1-8-26-16)22-6-4-21(5-7-22)11-14-3-9-25-13-14/h1-3,8-9,12-13H,4-7,10-11H2,(H,19,23). The molecule has 3 aromatic heterocycles. The maximum absolute atomic E-state index is 12.4. The quantitative estimate of drug-likeness (QED) is 0.727. The number of aromatic nitrogens is 1. The molecule has 0 spiro atoms. The molecule has 8 heteroatoms. The van der Waals surface area contributed by atoms with Gasteiger partial charge in [-0.15, -0.1) is 11.3 Å². The number of thiophene rings is 2. The zero-order valence-electron chi connectivity index (χ0n) is 14.3. The monoisotopic (exact) mass is 388 g/mol. The summed E-state index contributed by atoms with van der Waals surface area (Å²) in [5.41, 5.74) is 2.08. The van der Waals surface area contributed by atoms with Crippen LogP contribution in [0.3, 0.4) is 0 Å². The maximum Gasteiger partial charge on any atom is 0.317 e. The Hall–Kier alpha value is -2.16. The maximum atomic E-state index is 12.4. The van der Waals surface area contributed by atoms with Gasteiger partial charge >= 0.3 is 6.03 Å². The van der Waals surface area contributed by atoms with Gasteiger partial charge in [-0.25, -0.2) is 9.78 Å². The second-order valence-corrected chi connectivity index (χ2v) is 7.90. The van der Waals surface area contributed by atoms with Crippen LogP contribution in [-0.4, -0.2) is 47.0 Å². The lowest BCUT2D eigenvalue weighted by molar-refractivity contribution is 0.135. The van der Waals surface area contributed by atoms with Gasteiger partial charge in [-0.05, 0) is 33.8 Å². The fourth-order valence-corrected chi connectivity index (χ4v) is 4.24. The molecular formula is C18H20N4O2S2. The average Bonchev–Trinajstić information content (AvgIpc) is 3.41. The van der Waals surface area contributed by atoms with Crippen molar-refractivity contribution in [2.24, 2.45) is 0 Å². The van der Waals surface area contributed by atoms with Crippen molar-refractivity contribution < 1.29 is 9.21 Å². The second kappa shape index (κ2) is 8.03. The van der Waals surface area contributed by atoms with E-state index in [2.05, 4.69) is 32.0 Å². The summed E-state index contributed by atoms with van der Waals surface area (Å²) in [5.74, 6) is 0.603. The first-order valence-electron chi connectivity index (χ1n) is 8.52. The number of hydrogen-bond donors (Lipinski definition) is 1. The molecule has 6 nitrogen and oxygen atoms in total. The zero-order valence-corrected chi connectivity index (χ0v) is 15.9. The van der Waals surface area contributed by atoms with Crippen molar-refractivity contribution >= 4 is 28.7 Å². The molecule has 2 amide bonds. The van der Waals surface area contributed by atoms with Gasteiger partial charge in [0, 0.05) is 32.7 Å². The van der Waals surface area contributed by atoms with Crippen molar-refractivity contribution in [2.45, 2.75) is 13.1 Å². The molecule has 0 unspecified atom stereocenters. The van der Waals surface area contributed by atoms with E-state index in [1.807, 2.05) is 22.4 Å². The van der Waals surface area contributed by atoms with Crippen molar-refractivity contribution in [1.29, 1.82) is 0 Å². The summed E-state index contributed by atoms with van der Waals surface area (Å²) in [6, 6.07) is 6.05. The van der Waals surface area contributed by atoms with E-state index in [9.17, 15) is 4.79 Å². The molecule has 1 N–H and O–H groups in total. The van der Waals surface area contributed by atoms with Crippen molar-refractivity contribution in [3.63, 3.8) is 0 Å². The predicted octanol–water partition coefficient (Wildman–Crippen LogP) is 3.49. The van der Waals surface area contributed by atoms with Crippen LogP contribution >= 0.6 is 22.7 Å². The van der Waals surface area contributed by atoms with E-state index in [4.69, 9.17) is 4.42 Å². The minimum Gasteiger partial charge on any atom is -0.443 e. The number of piperazine rings is 1. The van der Waals surface area contributed by atoms with E-state index < -0.39 is 0 Å². The summed E-state index contributed by atoms with van der Waals surface area (Å²) in [4.78, 5) is 22.0. The van der Waals surface area contributed by atoms with E-state index in [0.29, 0.717) is 12.4 Å². The lowest BCUT2D eigenvalue weighted by atomic mass is 10.2. The molecule has 26 heavy (non-hydrogen) atoms. The van der Waals surface area contributed by atoms with Crippen LogP contribution in [0.2, 0.25) is 0 Å². The highest BCUT2D eigenvalue weighted by Gasteiger charge is 2.21. The zero-order chi connectivity index (χ0) is 17.8. The lowest BCUT2D eigenvalue weighted by Gasteiger charge is -2.34. The molecule has 1 saturated heterocycles. The smallest absolute Gasteiger partial charge is 0.317 e. The lowest BCUT2D eigenvalue weighted by Crippen LogP contribution is -2.51. The third kappa shape index (κ3) is 4.14. The minimum absolute atomic E-state index is 0.0409. The predicted molar refractivity (Wildman–Crippen MR) is 103 cm³/mol. The van der Waals surface area contributed by atoms with Crippen molar-refractivity contribution in [3.8, 4) is 10.8 Å². The highest BCUT2D eigenvalue weighted by Crippen LogP contribution is 2.23. The van der Waals surface area contributed by atoms with Crippen LogP contribution in [0.4, 0.5) is 4.79 Å². The van der Waals surface area contributed by atoms with Gasteiger partial charge in [-0.2, -0.15) is 11.3 Å². The average molecular weight is 389 g/mol. The second-order valence-electron chi connectivity index (χ2n) is 6.17. The molecular weight excluding hydrogens is 368 g/mol. The van der Waals surface area contributed by atoms with Crippen LogP contribution in [0, 0.1) is 0 Å². The Bertz CT molecular complexity index is 821. The van der Waals surface area contributed by atoms with Crippen LogP contribution in [-0.2, 0) is 13.1 Å². The van der Waals surface area contributed by atoms with Crippen molar-refractivity contribution in [3.05, 3.63) is 51.9 Å². The fraction of sp³-hybridized carbons (Fsp3) is 0.333. The Morgan fingerprint density at radius 1 is 1.23 bits per heavy atom. The number of hydrogen-bond acceptors (Lipinski definition) is 6.